The molecule has 0 saturated heterocycles. The zero-order valence-corrected chi connectivity index (χ0v) is 11.2. The van der Waals surface area contributed by atoms with Crippen molar-refractivity contribution < 1.29 is 9.53 Å². The number of rotatable bonds is 7. The summed E-state index contributed by atoms with van der Waals surface area (Å²) in [4.78, 5) is 13.5. The monoisotopic (exact) mass is 250 g/mol. The quantitative estimate of drug-likeness (QED) is 0.802. The molecule has 0 aromatic heterocycles. The van der Waals surface area contributed by atoms with E-state index in [1.54, 1.807) is 4.90 Å². The molecule has 0 unspecified atom stereocenters. The maximum Gasteiger partial charge on any atom is 0.222 e. The van der Waals surface area contributed by atoms with Crippen LogP contribution in [0.25, 0.3) is 0 Å². The second-order valence-corrected chi connectivity index (χ2v) is 4.18. The Morgan fingerprint density at radius 3 is 2.78 bits per heavy atom. The van der Waals surface area contributed by atoms with Gasteiger partial charge in [0.2, 0.25) is 5.91 Å². The Bertz CT molecular complexity index is 380. The third kappa shape index (κ3) is 4.37. The summed E-state index contributed by atoms with van der Waals surface area (Å²) in [5.41, 5.74) is 6.43. The molecule has 0 saturated carbocycles. The van der Waals surface area contributed by atoms with Crippen molar-refractivity contribution in [1.82, 2.24) is 4.90 Å². The van der Waals surface area contributed by atoms with Gasteiger partial charge in [0.1, 0.15) is 5.75 Å². The Labute approximate surface area is 109 Å². The van der Waals surface area contributed by atoms with Crippen LogP contribution in [0, 0.1) is 0 Å². The van der Waals surface area contributed by atoms with Crippen LogP contribution in [-0.4, -0.2) is 31.0 Å². The van der Waals surface area contributed by atoms with E-state index in [0.717, 1.165) is 17.7 Å². The molecule has 0 aliphatic rings. The zero-order chi connectivity index (χ0) is 13.4. The highest BCUT2D eigenvalue weighted by atomic mass is 16.5. The van der Waals surface area contributed by atoms with Gasteiger partial charge in [-0.05, 0) is 26.0 Å². The molecular formula is C14H22N2O2. The van der Waals surface area contributed by atoms with E-state index < -0.39 is 0 Å². The van der Waals surface area contributed by atoms with Crippen molar-refractivity contribution in [1.29, 1.82) is 0 Å². The smallest absolute Gasteiger partial charge is 0.222 e. The molecule has 100 valence electrons. The van der Waals surface area contributed by atoms with Crippen molar-refractivity contribution in [3.8, 4) is 5.75 Å². The zero-order valence-electron chi connectivity index (χ0n) is 11.2. The van der Waals surface area contributed by atoms with E-state index in [0.29, 0.717) is 26.1 Å². The molecule has 1 aromatic rings. The van der Waals surface area contributed by atoms with Crippen molar-refractivity contribution in [2.24, 2.45) is 5.73 Å². The van der Waals surface area contributed by atoms with Crippen LogP contribution >= 0.6 is 0 Å². The lowest BCUT2D eigenvalue weighted by Gasteiger charge is -2.19. The Kier molecular flexibility index (Phi) is 6.22. The van der Waals surface area contributed by atoms with Gasteiger partial charge in [-0.1, -0.05) is 18.2 Å². The van der Waals surface area contributed by atoms with Gasteiger partial charge in [-0.25, -0.2) is 0 Å². The number of hydrogen-bond donors (Lipinski definition) is 1. The van der Waals surface area contributed by atoms with Gasteiger partial charge in [-0.2, -0.15) is 0 Å². The number of hydrogen-bond acceptors (Lipinski definition) is 3. The van der Waals surface area contributed by atoms with Crippen LogP contribution in [0.2, 0.25) is 0 Å². The molecule has 1 amide bonds. The molecule has 2 N–H and O–H groups in total. The molecular weight excluding hydrogens is 228 g/mol. The van der Waals surface area contributed by atoms with Gasteiger partial charge >= 0.3 is 0 Å². The molecule has 0 spiro atoms. The number of amides is 1. The molecule has 4 heteroatoms. The minimum absolute atomic E-state index is 0.117. The van der Waals surface area contributed by atoms with Gasteiger partial charge in [0.05, 0.1) is 6.61 Å². The largest absolute Gasteiger partial charge is 0.494 e. The fourth-order valence-electron chi connectivity index (χ4n) is 1.72. The fraction of sp³-hybridized carbons (Fsp3) is 0.500. The van der Waals surface area contributed by atoms with Crippen LogP contribution < -0.4 is 10.5 Å². The molecule has 0 atom stereocenters. The number of carbonyl (C=O) groups excluding carboxylic acids is 1. The number of para-hydroxylation sites is 1. The Morgan fingerprint density at radius 2 is 2.11 bits per heavy atom. The van der Waals surface area contributed by atoms with E-state index in [2.05, 4.69) is 0 Å². The Hall–Kier alpha value is -1.55. The summed E-state index contributed by atoms with van der Waals surface area (Å²) in [5.74, 6) is 0.963. The third-order valence-corrected chi connectivity index (χ3v) is 2.70. The molecule has 1 rings (SSSR count). The lowest BCUT2D eigenvalue weighted by atomic mass is 10.2. The van der Waals surface area contributed by atoms with E-state index in [1.807, 2.05) is 38.2 Å². The highest BCUT2D eigenvalue weighted by Crippen LogP contribution is 2.19. The predicted octanol–water partition coefficient (Wildman–Crippen LogP) is 1.78. The van der Waals surface area contributed by atoms with Crippen molar-refractivity contribution in [2.75, 3.05) is 20.2 Å². The van der Waals surface area contributed by atoms with Crippen molar-refractivity contribution in [2.45, 2.75) is 26.3 Å². The molecule has 0 bridgehead atoms. The molecule has 1 aromatic carbocycles. The Balaban J connectivity index is 2.63. The topological polar surface area (TPSA) is 55.6 Å². The molecule has 0 heterocycles. The molecule has 18 heavy (non-hydrogen) atoms. The average molecular weight is 250 g/mol. The maximum atomic E-state index is 11.8. The highest BCUT2D eigenvalue weighted by Gasteiger charge is 2.11. The van der Waals surface area contributed by atoms with Gasteiger partial charge in [-0.3, -0.25) is 4.79 Å². The summed E-state index contributed by atoms with van der Waals surface area (Å²) in [6, 6.07) is 7.80. The first-order valence-electron chi connectivity index (χ1n) is 6.33. The van der Waals surface area contributed by atoms with Crippen LogP contribution in [0.15, 0.2) is 24.3 Å². The van der Waals surface area contributed by atoms with Crippen LogP contribution in [0.4, 0.5) is 0 Å². The fourth-order valence-corrected chi connectivity index (χ4v) is 1.72. The summed E-state index contributed by atoms with van der Waals surface area (Å²) in [6.07, 6.45) is 1.24. The first kappa shape index (κ1) is 14.5. The van der Waals surface area contributed by atoms with Crippen molar-refractivity contribution in [3.05, 3.63) is 29.8 Å². The average Bonchev–Trinajstić information content (AvgIpc) is 2.38. The summed E-state index contributed by atoms with van der Waals surface area (Å²) in [6.45, 7) is 3.70. The minimum atomic E-state index is 0.117. The van der Waals surface area contributed by atoms with E-state index in [1.165, 1.54) is 0 Å². The Morgan fingerprint density at radius 1 is 1.39 bits per heavy atom. The molecule has 4 nitrogen and oxygen atoms in total. The second kappa shape index (κ2) is 7.71. The summed E-state index contributed by atoms with van der Waals surface area (Å²) < 4.78 is 5.54. The number of ether oxygens (including phenoxy) is 1. The summed E-state index contributed by atoms with van der Waals surface area (Å²) >= 11 is 0. The number of nitrogens with zero attached hydrogens (tertiary/aromatic N) is 1. The third-order valence-electron chi connectivity index (χ3n) is 2.70. The van der Waals surface area contributed by atoms with Gasteiger partial charge in [0.25, 0.3) is 0 Å². The van der Waals surface area contributed by atoms with Gasteiger partial charge in [0, 0.05) is 25.6 Å². The summed E-state index contributed by atoms with van der Waals surface area (Å²) in [5, 5.41) is 0. The lowest BCUT2D eigenvalue weighted by Crippen LogP contribution is -2.26. The maximum absolute atomic E-state index is 11.8. The molecule has 0 aliphatic carbocycles. The summed E-state index contributed by atoms with van der Waals surface area (Å²) in [7, 11) is 1.81. The van der Waals surface area contributed by atoms with E-state index in [-0.39, 0.29) is 5.91 Å². The molecule has 0 aliphatic heterocycles. The molecule has 0 radical (unpaired) electrons. The first-order chi connectivity index (χ1) is 8.69. The van der Waals surface area contributed by atoms with Crippen LogP contribution in [0.1, 0.15) is 25.3 Å². The van der Waals surface area contributed by atoms with E-state index >= 15 is 0 Å². The van der Waals surface area contributed by atoms with Crippen molar-refractivity contribution >= 4 is 5.91 Å². The van der Waals surface area contributed by atoms with E-state index in [4.69, 9.17) is 10.5 Å². The number of carbonyl (C=O) groups is 1. The van der Waals surface area contributed by atoms with Gasteiger partial charge in [-0.15, -0.1) is 0 Å². The second-order valence-electron chi connectivity index (χ2n) is 4.18. The standard InChI is InChI=1S/C14H22N2O2/c1-3-18-13-8-5-4-7-12(13)11-16(2)14(17)9-6-10-15/h4-5,7-8H,3,6,9-11,15H2,1-2H3. The van der Waals surface area contributed by atoms with Crippen LogP contribution in [0.3, 0.4) is 0 Å². The SMILES string of the molecule is CCOc1ccccc1CN(C)C(=O)CCCN. The predicted molar refractivity (Wildman–Crippen MR) is 72.4 cm³/mol. The number of nitrogens with two attached hydrogens (primary N) is 1. The van der Waals surface area contributed by atoms with Crippen LogP contribution in [-0.2, 0) is 11.3 Å². The highest BCUT2D eigenvalue weighted by molar-refractivity contribution is 5.75. The normalized spacial score (nSPS) is 10.2. The van der Waals surface area contributed by atoms with Crippen LogP contribution in [0.5, 0.6) is 5.75 Å². The minimum Gasteiger partial charge on any atom is -0.494 e. The van der Waals surface area contributed by atoms with Crippen molar-refractivity contribution in [3.63, 3.8) is 0 Å². The van der Waals surface area contributed by atoms with Gasteiger partial charge < -0.3 is 15.4 Å². The first-order valence-corrected chi connectivity index (χ1v) is 6.33. The van der Waals surface area contributed by atoms with E-state index in [9.17, 15) is 4.79 Å². The van der Waals surface area contributed by atoms with Gasteiger partial charge in [0.15, 0.2) is 0 Å². The lowest BCUT2D eigenvalue weighted by molar-refractivity contribution is -0.130. The molecule has 0 fully saturated rings. The number of benzene rings is 1.